The molecular weight excluding hydrogens is 492 g/mol. The van der Waals surface area contributed by atoms with E-state index < -0.39 is 17.9 Å². The molecule has 0 bridgehead atoms. The Kier molecular flexibility index (Phi) is 8.82. The molecule has 1 aromatic rings. The molecular formula is C28H40O6SSi. The number of unbranched alkanes of at least 4 members (excludes halogenated alkanes) is 2. The van der Waals surface area contributed by atoms with Crippen LogP contribution in [0.3, 0.4) is 0 Å². The summed E-state index contributed by atoms with van der Waals surface area (Å²) in [4.78, 5) is 0.576. The van der Waals surface area contributed by atoms with Gasteiger partial charge in [-0.15, -0.1) is 12.3 Å². The zero-order valence-corrected chi connectivity index (χ0v) is 24.5. The van der Waals surface area contributed by atoms with E-state index in [1.54, 1.807) is 14.2 Å². The highest BCUT2D eigenvalue weighted by molar-refractivity contribution is 7.95. The number of terminal acetylenes is 1. The predicted octanol–water partition coefficient (Wildman–Crippen LogP) is 6.06. The quantitative estimate of drug-likeness (QED) is 0.149. The molecule has 1 aliphatic carbocycles. The third-order valence-corrected chi connectivity index (χ3v) is 15.5. The lowest BCUT2D eigenvalue weighted by Gasteiger charge is -2.46. The number of allylic oxidation sites excluding steroid dienone is 2. The van der Waals surface area contributed by atoms with Crippen molar-refractivity contribution >= 4 is 24.0 Å². The molecule has 0 fully saturated rings. The first-order valence-corrected chi connectivity index (χ1v) is 17.1. The number of benzene rings is 1. The summed E-state index contributed by atoms with van der Waals surface area (Å²) >= 11 is 0. The Morgan fingerprint density at radius 1 is 1.06 bits per heavy atom. The lowest BCUT2D eigenvalue weighted by molar-refractivity contribution is 0.0476. The summed E-state index contributed by atoms with van der Waals surface area (Å²) in [6.07, 6.45) is 10.1. The molecule has 0 spiro atoms. The van der Waals surface area contributed by atoms with Gasteiger partial charge in [0.05, 0.1) is 13.8 Å². The maximum absolute atomic E-state index is 13.6. The normalized spacial score (nSPS) is 18.8. The van der Waals surface area contributed by atoms with Crippen LogP contribution in [0.4, 0.5) is 0 Å². The average molecular weight is 533 g/mol. The molecule has 1 aromatic carbocycles. The number of ether oxygens (including phenoxy) is 4. The summed E-state index contributed by atoms with van der Waals surface area (Å²) < 4.78 is 49.6. The zero-order valence-electron chi connectivity index (χ0n) is 22.7. The van der Waals surface area contributed by atoms with Gasteiger partial charge in [0.1, 0.15) is 11.5 Å². The Balaban J connectivity index is 2.35. The molecule has 0 amide bonds. The van der Waals surface area contributed by atoms with Crippen molar-refractivity contribution in [3.63, 3.8) is 0 Å². The van der Waals surface area contributed by atoms with E-state index in [0.717, 1.165) is 35.1 Å². The first-order chi connectivity index (χ1) is 16.9. The molecule has 0 radical (unpaired) electrons. The van der Waals surface area contributed by atoms with Crippen molar-refractivity contribution in [1.29, 1.82) is 0 Å². The van der Waals surface area contributed by atoms with Gasteiger partial charge in [0, 0.05) is 42.2 Å². The van der Waals surface area contributed by atoms with Crippen LogP contribution in [-0.4, -0.2) is 50.1 Å². The summed E-state index contributed by atoms with van der Waals surface area (Å²) in [6, 6.07) is 3.76. The van der Waals surface area contributed by atoms with Crippen molar-refractivity contribution in [3.8, 4) is 23.8 Å². The molecule has 3 rings (SSSR count). The van der Waals surface area contributed by atoms with Gasteiger partial charge in [-0.05, 0) is 53.7 Å². The van der Waals surface area contributed by atoms with Crippen LogP contribution in [0, 0.1) is 12.3 Å². The van der Waals surface area contributed by atoms with E-state index in [0.29, 0.717) is 29.2 Å². The second kappa shape index (κ2) is 11.1. The monoisotopic (exact) mass is 532 g/mol. The van der Waals surface area contributed by atoms with Gasteiger partial charge in [0.2, 0.25) is 0 Å². The smallest absolute Gasteiger partial charge is 0.188 e. The molecule has 36 heavy (non-hydrogen) atoms. The highest BCUT2D eigenvalue weighted by Gasteiger charge is 2.52. The van der Waals surface area contributed by atoms with Crippen molar-refractivity contribution in [2.45, 2.75) is 70.1 Å². The average Bonchev–Trinajstić information content (AvgIpc) is 3.05. The highest BCUT2D eigenvalue weighted by Crippen LogP contribution is 2.58. The Labute approximate surface area is 218 Å². The molecule has 1 heterocycles. The first kappa shape index (κ1) is 28.5. The lowest BCUT2D eigenvalue weighted by Crippen LogP contribution is -2.46. The SMILES string of the molecule is C#CCCCCC1=C2C(=Cc3c(OCOC)ccc(OCOC)c3C2[Si](C)(C)C(C)(C)C)CS1(=O)=O. The standard InChI is InChI=1S/C28H40O6SSi/c1-9-10-11-12-13-24-25-20(17-35(24,29)30)16-21-22(33-18-31-5)14-15-23(34-19-32-6)26(21)27(25)36(7,8)28(2,3)4/h1,14-16,27H,10-13,17-19H2,2-8H3. The molecule has 0 saturated heterocycles. The van der Waals surface area contributed by atoms with Crippen molar-refractivity contribution in [3.05, 3.63) is 39.3 Å². The van der Waals surface area contributed by atoms with Gasteiger partial charge in [0.25, 0.3) is 0 Å². The fourth-order valence-corrected chi connectivity index (χ4v) is 9.93. The van der Waals surface area contributed by atoms with E-state index >= 15 is 0 Å². The van der Waals surface area contributed by atoms with Gasteiger partial charge in [-0.25, -0.2) is 8.42 Å². The largest absolute Gasteiger partial charge is 0.467 e. The van der Waals surface area contributed by atoms with E-state index in [-0.39, 0.29) is 29.9 Å². The van der Waals surface area contributed by atoms with Crippen LogP contribution < -0.4 is 9.47 Å². The molecule has 1 aliphatic heterocycles. The van der Waals surface area contributed by atoms with Crippen molar-refractivity contribution < 1.29 is 27.4 Å². The molecule has 6 nitrogen and oxygen atoms in total. The van der Waals surface area contributed by atoms with Crippen LogP contribution in [0.1, 0.15) is 63.1 Å². The molecule has 2 aliphatic rings. The van der Waals surface area contributed by atoms with Crippen molar-refractivity contribution in [2.75, 3.05) is 33.6 Å². The summed E-state index contributed by atoms with van der Waals surface area (Å²) in [5.74, 6) is 4.04. The minimum Gasteiger partial charge on any atom is -0.467 e. The third kappa shape index (κ3) is 5.45. The molecule has 0 saturated carbocycles. The van der Waals surface area contributed by atoms with Gasteiger partial charge in [-0.3, -0.25) is 0 Å². The van der Waals surface area contributed by atoms with Crippen LogP contribution in [0.15, 0.2) is 28.2 Å². The van der Waals surface area contributed by atoms with Gasteiger partial charge < -0.3 is 18.9 Å². The fraction of sp³-hybridized carbons (Fsp3) is 0.571. The second-order valence-electron chi connectivity index (χ2n) is 11.1. The maximum atomic E-state index is 13.6. The zero-order chi connectivity index (χ0) is 26.7. The predicted molar refractivity (Wildman–Crippen MR) is 147 cm³/mol. The van der Waals surface area contributed by atoms with Crippen LogP contribution in [0.5, 0.6) is 11.5 Å². The third-order valence-electron chi connectivity index (χ3n) is 7.76. The van der Waals surface area contributed by atoms with E-state index in [1.807, 2.05) is 18.2 Å². The van der Waals surface area contributed by atoms with Crippen LogP contribution in [0.2, 0.25) is 18.1 Å². The van der Waals surface area contributed by atoms with Crippen molar-refractivity contribution in [2.24, 2.45) is 0 Å². The number of fused-ring (bicyclic) bond motifs is 2. The number of rotatable bonds is 11. The summed E-state index contributed by atoms with van der Waals surface area (Å²) in [5.41, 5.74) is 3.61. The van der Waals surface area contributed by atoms with Crippen LogP contribution in [0.25, 0.3) is 6.08 Å². The van der Waals surface area contributed by atoms with Gasteiger partial charge in [-0.2, -0.15) is 0 Å². The fourth-order valence-electron chi connectivity index (χ4n) is 5.00. The molecule has 8 heteroatoms. The molecule has 0 aromatic heterocycles. The Hall–Kier alpha value is -2.05. The molecule has 1 atom stereocenters. The molecule has 1 unspecified atom stereocenters. The number of sulfone groups is 1. The Morgan fingerprint density at radius 2 is 1.67 bits per heavy atom. The molecule has 0 N–H and O–H groups in total. The Bertz CT molecular complexity index is 1180. The topological polar surface area (TPSA) is 71.1 Å². The Morgan fingerprint density at radius 3 is 2.25 bits per heavy atom. The minimum atomic E-state index is -3.42. The summed E-state index contributed by atoms with van der Waals surface area (Å²) in [6.45, 7) is 11.7. The number of hydrogen-bond donors (Lipinski definition) is 0. The van der Waals surface area contributed by atoms with E-state index in [9.17, 15) is 8.42 Å². The lowest BCUT2D eigenvalue weighted by atomic mass is 9.86. The van der Waals surface area contributed by atoms with Gasteiger partial charge >= 0.3 is 0 Å². The summed E-state index contributed by atoms with van der Waals surface area (Å²) in [5, 5.41) is -0.0206. The van der Waals surface area contributed by atoms with E-state index in [2.05, 4.69) is 39.8 Å². The van der Waals surface area contributed by atoms with Crippen LogP contribution >= 0.6 is 0 Å². The van der Waals surface area contributed by atoms with Gasteiger partial charge in [0.15, 0.2) is 23.4 Å². The number of methoxy groups -OCH3 is 2. The first-order valence-electron chi connectivity index (χ1n) is 12.4. The van der Waals surface area contributed by atoms with E-state index in [4.69, 9.17) is 25.4 Å². The summed E-state index contributed by atoms with van der Waals surface area (Å²) in [7, 11) is -2.48. The molecule has 198 valence electrons. The number of hydrogen-bond acceptors (Lipinski definition) is 6. The highest BCUT2D eigenvalue weighted by atomic mass is 32.2. The minimum absolute atomic E-state index is 0.0181. The second-order valence-corrected chi connectivity index (χ2v) is 18.6. The van der Waals surface area contributed by atoms with Crippen LogP contribution in [-0.2, 0) is 19.3 Å². The van der Waals surface area contributed by atoms with E-state index in [1.165, 1.54) is 0 Å². The van der Waals surface area contributed by atoms with Crippen molar-refractivity contribution in [1.82, 2.24) is 0 Å². The van der Waals surface area contributed by atoms with Gasteiger partial charge in [-0.1, -0.05) is 33.9 Å². The maximum Gasteiger partial charge on any atom is 0.188 e.